The number of rotatable bonds is 6. The summed E-state index contributed by atoms with van der Waals surface area (Å²) < 4.78 is 5.37. The monoisotopic (exact) mass is 276 g/mol. The number of hydrogen-bond donors (Lipinski definition) is 2. The van der Waals surface area contributed by atoms with Crippen LogP contribution in [0.5, 0.6) is 5.75 Å². The summed E-state index contributed by atoms with van der Waals surface area (Å²) in [7, 11) is 0. The summed E-state index contributed by atoms with van der Waals surface area (Å²) in [6.07, 6.45) is 2.41. The zero-order valence-electron chi connectivity index (χ0n) is 12.5. The van der Waals surface area contributed by atoms with Crippen molar-refractivity contribution in [3.05, 3.63) is 23.8 Å². The Labute approximate surface area is 120 Å². The lowest BCUT2D eigenvalue weighted by molar-refractivity contribution is 0.0940. The molecule has 0 bridgehead atoms. The maximum absolute atomic E-state index is 12.2. The number of nitrogen functional groups attached to an aromatic ring is 1. The van der Waals surface area contributed by atoms with Crippen LogP contribution in [-0.2, 0) is 0 Å². The van der Waals surface area contributed by atoms with Gasteiger partial charge in [0.1, 0.15) is 5.75 Å². The molecule has 1 aliphatic carbocycles. The molecule has 1 aliphatic rings. The first-order valence-corrected chi connectivity index (χ1v) is 7.29. The minimum absolute atomic E-state index is 0.0633. The molecule has 0 radical (unpaired) electrons. The van der Waals surface area contributed by atoms with Crippen molar-refractivity contribution in [2.45, 2.75) is 33.6 Å². The van der Waals surface area contributed by atoms with Gasteiger partial charge in [-0.25, -0.2) is 0 Å². The highest BCUT2D eigenvalue weighted by Crippen LogP contribution is 2.51. The predicted octanol–water partition coefficient (Wildman–Crippen LogP) is 2.83. The van der Waals surface area contributed by atoms with Gasteiger partial charge in [-0.15, -0.1) is 0 Å². The third-order valence-corrected chi connectivity index (χ3v) is 4.29. The van der Waals surface area contributed by atoms with Gasteiger partial charge in [-0.1, -0.05) is 13.8 Å². The molecule has 1 aromatic rings. The smallest absolute Gasteiger partial charge is 0.251 e. The van der Waals surface area contributed by atoms with Crippen LogP contribution in [0, 0.1) is 11.3 Å². The first-order chi connectivity index (χ1) is 9.48. The van der Waals surface area contributed by atoms with Gasteiger partial charge < -0.3 is 15.8 Å². The van der Waals surface area contributed by atoms with Crippen LogP contribution in [0.1, 0.15) is 44.0 Å². The van der Waals surface area contributed by atoms with Gasteiger partial charge in [0.15, 0.2) is 0 Å². The number of nitrogens with two attached hydrogens (primary N) is 1. The minimum Gasteiger partial charge on any atom is -0.492 e. The molecule has 1 amide bonds. The van der Waals surface area contributed by atoms with Crippen molar-refractivity contribution in [2.24, 2.45) is 11.3 Å². The van der Waals surface area contributed by atoms with Crippen LogP contribution in [0.25, 0.3) is 0 Å². The Morgan fingerprint density at radius 2 is 2.15 bits per heavy atom. The van der Waals surface area contributed by atoms with Gasteiger partial charge in [0.25, 0.3) is 5.91 Å². The molecule has 1 fully saturated rings. The van der Waals surface area contributed by atoms with E-state index in [0.29, 0.717) is 34.9 Å². The molecule has 1 aromatic carbocycles. The lowest BCUT2D eigenvalue weighted by Crippen LogP contribution is -2.32. The van der Waals surface area contributed by atoms with Gasteiger partial charge in [-0.05, 0) is 49.3 Å². The van der Waals surface area contributed by atoms with E-state index in [9.17, 15) is 4.79 Å². The summed E-state index contributed by atoms with van der Waals surface area (Å²) >= 11 is 0. The second-order valence-electron chi connectivity index (χ2n) is 5.89. The van der Waals surface area contributed by atoms with Crippen molar-refractivity contribution >= 4 is 11.6 Å². The second kappa shape index (κ2) is 5.73. The van der Waals surface area contributed by atoms with Crippen LogP contribution in [0.15, 0.2) is 18.2 Å². The number of carbonyl (C=O) groups is 1. The largest absolute Gasteiger partial charge is 0.492 e. The highest BCUT2D eigenvalue weighted by molar-refractivity contribution is 5.95. The van der Waals surface area contributed by atoms with Crippen molar-refractivity contribution in [1.82, 2.24) is 5.32 Å². The van der Waals surface area contributed by atoms with Crippen LogP contribution in [0.4, 0.5) is 5.69 Å². The van der Waals surface area contributed by atoms with E-state index in [1.54, 1.807) is 18.2 Å². The molecule has 4 heteroatoms. The quantitative estimate of drug-likeness (QED) is 0.785. The normalized spacial score (nSPS) is 16.0. The molecule has 0 heterocycles. The molecule has 2 rings (SSSR count). The van der Waals surface area contributed by atoms with Crippen LogP contribution in [0.2, 0.25) is 0 Å². The third-order valence-electron chi connectivity index (χ3n) is 4.29. The first kappa shape index (κ1) is 14.7. The highest BCUT2D eigenvalue weighted by atomic mass is 16.5. The Hall–Kier alpha value is -1.71. The predicted molar refractivity (Wildman–Crippen MR) is 80.9 cm³/mol. The van der Waals surface area contributed by atoms with Gasteiger partial charge in [0, 0.05) is 12.1 Å². The molecular weight excluding hydrogens is 252 g/mol. The zero-order chi connectivity index (χ0) is 14.8. The maximum Gasteiger partial charge on any atom is 0.251 e. The fraction of sp³-hybridized carbons (Fsp3) is 0.562. The third kappa shape index (κ3) is 3.06. The fourth-order valence-corrected chi connectivity index (χ4v) is 2.45. The van der Waals surface area contributed by atoms with Crippen molar-refractivity contribution in [3.63, 3.8) is 0 Å². The molecule has 0 saturated heterocycles. The number of benzene rings is 1. The Balaban J connectivity index is 1.97. The van der Waals surface area contributed by atoms with Crippen molar-refractivity contribution in [3.8, 4) is 5.75 Å². The summed E-state index contributed by atoms with van der Waals surface area (Å²) in [6, 6.07) is 5.18. The topological polar surface area (TPSA) is 64.3 Å². The van der Waals surface area contributed by atoms with Gasteiger partial charge in [0.05, 0.1) is 12.3 Å². The van der Waals surface area contributed by atoms with Crippen LogP contribution in [0.3, 0.4) is 0 Å². The van der Waals surface area contributed by atoms with E-state index in [0.717, 1.165) is 6.54 Å². The molecule has 3 N–H and O–H groups in total. The Morgan fingerprint density at radius 3 is 2.65 bits per heavy atom. The molecule has 20 heavy (non-hydrogen) atoms. The molecule has 4 nitrogen and oxygen atoms in total. The van der Waals surface area contributed by atoms with E-state index in [1.165, 1.54) is 12.8 Å². The van der Waals surface area contributed by atoms with E-state index >= 15 is 0 Å². The summed E-state index contributed by atoms with van der Waals surface area (Å²) in [5, 5.41) is 3.03. The molecule has 0 unspecified atom stereocenters. The Bertz CT molecular complexity index is 493. The SMILES string of the molecule is CCOc1ccc(C(=O)NCC2(C(C)C)CC2)cc1N. The highest BCUT2D eigenvalue weighted by Gasteiger charge is 2.45. The minimum atomic E-state index is -0.0633. The summed E-state index contributed by atoms with van der Waals surface area (Å²) in [5.41, 5.74) is 7.29. The van der Waals surface area contributed by atoms with Crippen molar-refractivity contribution in [1.29, 1.82) is 0 Å². The van der Waals surface area contributed by atoms with Crippen molar-refractivity contribution < 1.29 is 9.53 Å². The average molecular weight is 276 g/mol. The molecule has 1 saturated carbocycles. The second-order valence-corrected chi connectivity index (χ2v) is 5.89. The number of amides is 1. The Morgan fingerprint density at radius 1 is 1.45 bits per heavy atom. The number of ether oxygens (including phenoxy) is 1. The number of carbonyl (C=O) groups excluding carboxylic acids is 1. The van der Waals surface area contributed by atoms with Crippen LogP contribution in [-0.4, -0.2) is 19.1 Å². The van der Waals surface area contributed by atoms with E-state index in [2.05, 4.69) is 19.2 Å². The molecular formula is C16H24N2O2. The number of nitrogens with one attached hydrogen (secondary N) is 1. The zero-order valence-corrected chi connectivity index (χ0v) is 12.5. The maximum atomic E-state index is 12.2. The van der Waals surface area contributed by atoms with Crippen LogP contribution < -0.4 is 15.8 Å². The first-order valence-electron chi connectivity index (χ1n) is 7.29. The van der Waals surface area contributed by atoms with E-state index in [1.807, 2.05) is 6.92 Å². The molecule has 0 spiro atoms. The van der Waals surface area contributed by atoms with E-state index in [-0.39, 0.29) is 5.91 Å². The fourth-order valence-electron chi connectivity index (χ4n) is 2.45. The van der Waals surface area contributed by atoms with Gasteiger partial charge in [0.2, 0.25) is 0 Å². The standard InChI is InChI=1S/C16H24N2O2/c1-4-20-14-6-5-12(9-13(14)17)15(19)18-10-16(7-8-16)11(2)3/h5-6,9,11H,4,7-8,10,17H2,1-3H3,(H,18,19). The molecule has 110 valence electrons. The summed E-state index contributed by atoms with van der Waals surface area (Å²) in [4.78, 5) is 12.2. The number of hydrogen-bond acceptors (Lipinski definition) is 3. The number of anilines is 1. The molecule has 0 atom stereocenters. The van der Waals surface area contributed by atoms with Crippen molar-refractivity contribution in [2.75, 3.05) is 18.9 Å². The molecule has 0 aliphatic heterocycles. The molecule has 0 aromatic heterocycles. The summed E-state index contributed by atoms with van der Waals surface area (Å²) in [5.74, 6) is 1.17. The average Bonchev–Trinajstić information content (AvgIpc) is 3.20. The van der Waals surface area contributed by atoms with Gasteiger partial charge in [-0.2, -0.15) is 0 Å². The van der Waals surface area contributed by atoms with E-state index < -0.39 is 0 Å². The van der Waals surface area contributed by atoms with E-state index in [4.69, 9.17) is 10.5 Å². The lowest BCUT2D eigenvalue weighted by atomic mass is 9.92. The Kier molecular flexibility index (Phi) is 4.21. The summed E-state index contributed by atoms with van der Waals surface area (Å²) in [6.45, 7) is 7.65. The van der Waals surface area contributed by atoms with Gasteiger partial charge >= 0.3 is 0 Å². The van der Waals surface area contributed by atoms with Gasteiger partial charge in [-0.3, -0.25) is 4.79 Å². The lowest BCUT2D eigenvalue weighted by Gasteiger charge is -2.20. The van der Waals surface area contributed by atoms with Crippen LogP contribution >= 0.6 is 0 Å².